The molecule has 3 nitrogen and oxygen atoms in total. The van der Waals surface area contributed by atoms with E-state index in [2.05, 4.69) is 4.90 Å². The van der Waals surface area contributed by atoms with E-state index in [4.69, 9.17) is 5.11 Å². The molecule has 2 N–H and O–H groups in total. The largest absolute Gasteiger partial charge is 0.396 e. The van der Waals surface area contributed by atoms with Crippen LogP contribution >= 0.6 is 0 Å². The molecular weight excluding hydrogens is 142 g/mol. The third-order valence-corrected chi connectivity index (χ3v) is 2.99. The Morgan fingerprint density at radius 3 is 3.00 bits per heavy atom. The fraction of sp³-hybridized carbons (Fsp3) is 1.00. The van der Waals surface area contributed by atoms with Gasteiger partial charge in [-0.3, -0.25) is 4.90 Å². The van der Waals surface area contributed by atoms with E-state index >= 15 is 0 Å². The lowest BCUT2D eigenvalue weighted by Crippen LogP contribution is -2.27. The molecule has 0 saturated carbocycles. The quantitative estimate of drug-likeness (QED) is 0.536. The molecule has 2 rings (SSSR count). The summed E-state index contributed by atoms with van der Waals surface area (Å²) in [6.07, 6.45) is 1.83. The highest BCUT2D eigenvalue weighted by molar-refractivity contribution is 4.94. The minimum absolute atomic E-state index is 0.144. The van der Waals surface area contributed by atoms with Crippen LogP contribution in [-0.2, 0) is 0 Å². The van der Waals surface area contributed by atoms with E-state index < -0.39 is 0 Å². The molecule has 2 heterocycles. The predicted molar refractivity (Wildman–Crippen MR) is 41.2 cm³/mol. The van der Waals surface area contributed by atoms with Crippen LogP contribution in [0.25, 0.3) is 0 Å². The zero-order valence-electron chi connectivity index (χ0n) is 6.61. The topological polar surface area (TPSA) is 43.7 Å². The van der Waals surface area contributed by atoms with E-state index in [0.29, 0.717) is 12.0 Å². The molecule has 0 radical (unpaired) electrons. The molecule has 3 heteroatoms. The van der Waals surface area contributed by atoms with Crippen molar-refractivity contribution in [2.75, 3.05) is 19.7 Å². The zero-order valence-corrected chi connectivity index (χ0v) is 6.61. The van der Waals surface area contributed by atoms with Gasteiger partial charge in [0.15, 0.2) is 0 Å². The predicted octanol–water partition coefficient (Wildman–Crippen LogP) is -0.566. The van der Waals surface area contributed by atoms with Crippen LogP contribution in [0.5, 0.6) is 0 Å². The van der Waals surface area contributed by atoms with Crippen LogP contribution in [0, 0.1) is 5.92 Å². The Morgan fingerprint density at radius 1 is 1.45 bits per heavy atom. The molecular formula is C8H15NO2. The second kappa shape index (κ2) is 2.73. The van der Waals surface area contributed by atoms with Crippen molar-refractivity contribution < 1.29 is 10.2 Å². The Hall–Kier alpha value is -0.120. The van der Waals surface area contributed by atoms with Gasteiger partial charge in [-0.05, 0) is 25.3 Å². The van der Waals surface area contributed by atoms with E-state index in [1.54, 1.807) is 0 Å². The summed E-state index contributed by atoms with van der Waals surface area (Å²) in [5, 5.41) is 18.3. The van der Waals surface area contributed by atoms with Crippen LogP contribution in [-0.4, -0.2) is 47.0 Å². The molecule has 3 atom stereocenters. The van der Waals surface area contributed by atoms with Gasteiger partial charge in [-0.15, -0.1) is 0 Å². The number of aliphatic hydroxyl groups excluding tert-OH is 2. The average molecular weight is 157 g/mol. The van der Waals surface area contributed by atoms with Crippen molar-refractivity contribution in [3.63, 3.8) is 0 Å². The lowest BCUT2D eigenvalue weighted by atomic mass is 9.99. The average Bonchev–Trinajstić information content (AvgIpc) is 2.45. The van der Waals surface area contributed by atoms with Gasteiger partial charge in [-0.1, -0.05) is 0 Å². The van der Waals surface area contributed by atoms with Crippen molar-refractivity contribution in [1.82, 2.24) is 4.90 Å². The second-order valence-corrected chi connectivity index (χ2v) is 3.68. The van der Waals surface area contributed by atoms with Gasteiger partial charge < -0.3 is 10.2 Å². The minimum atomic E-state index is -0.144. The number of nitrogens with zero attached hydrogens (tertiary/aromatic N) is 1. The smallest absolute Gasteiger partial charge is 0.0682 e. The van der Waals surface area contributed by atoms with Gasteiger partial charge in [-0.2, -0.15) is 0 Å². The Balaban J connectivity index is 2.01. The van der Waals surface area contributed by atoms with Crippen molar-refractivity contribution in [3.8, 4) is 0 Å². The van der Waals surface area contributed by atoms with Crippen LogP contribution < -0.4 is 0 Å². The van der Waals surface area contributed by atoms with Gasteiger partial charge >= 0.3 is 0 Å². The maximum absolute atomic E-state index is 9.32. The lowest BCUT2D eigenvalue weighted by Gasteiger charge is -2.17. The van der Waals surface area contributed by atoms with E-state index in [1.165, 1.54) is 0 Å². The molecule has 0 aromatic carbocycles. The summed E-state index contributed by atoms with van der Waals surface area (Å²) in [5.41, 5.74) is 0. The second-order valence-electron chi connectivity index (χ2n) is 3.68. The van der Waals surface area contributed by atoms with Gasteiger partial charge in [0.1, 0.15) is 0 Å². The van der Waals surface area contributed by atoms with Crippen LogP contribution in [0.4, 0.5) is 0 Å². The maximum atomic E-state index is 9.32. The van der Waals surface area contributed by atoms with E-state index in [-0.39, 0.29) is 12.7 Å². The molecule has 0 unspecified atom stereocenters. The SMILES string of the molecule is OC[C@@H]1CCN2C[C@H](O)C[C@H]12. The summed E-state index contributed by atoms with van der Waals surface area (Å²) in [4.78, 5) is 2.30. The normalized spacial score (nSPS) is 44.7. The van der Waals surface area contributed by atoms with Gasteiger partial charge in [0.25, 0.3) is 0 Å². The summed E-state index contributed by atoms with van der Waals surface area (Å²) in [6.45, 7) is 2.17. The standard InChI is InChI=1S/C8H15NO2/c10-5-6-1-2-9-4-7(11)3-8(6)9/h6-8,10-11H,1-5H2/t6-,7+,8+/m0/s1. The van der Waals surface area contributed by atoms with E-state index in [9.17, 15) is 5.11 Å². The molecule has 2 saturated heterocycles. The number of hydrogen-bond donors (Lipinski definition) is 2. The van der Waals surface area contributed by atoms with Crippen molar-refractivity contribution >= 4 is 0 Å². The molecule has 0 spiro atoms. The molecule has 0 amide bonds. The maximum Gasteiger partial charge on any atom is 0.0682 e. The molecule has 2 fully saturated rings. The van der Waals surface area contributed by atoms with Crippen LogP contribution in [0.3, 0.4) is 0 Å². The van der Waals surface area contributed by atoms with Gasteiger partial charge in [0.05, 0.1) is 6.10 Å². The molecule has 0 aliphatic carbocycles. The Kier molecular flexibility index (Phi) is 1.87. The number of fused-ring (bicyclic) bond motifs is 1. The van der Waals surface area contributed by atoms with Crippen molar-refractivity contribution in [1.29, 1.82) is 0 Å². The van der Waals surface area contributed by atoms with Gasteiger partial charge in [-0.25, -0.2) is 0 Å². The first kappa shape index (κ1) is 7.53. The molecule has 11 heavy (non-hydrogen) atoms. The zero-order chi connectivity index (χ0) is 7.84. The molecule has 2 aliphatic heterocycles. The summed E-state index contributed by atoms with van der Waals surface area (Å²) in [5.74, 6) is 0.423. The Bertz CT molecular complexity index is 149. The first-order chi connectivity index (χ1) is 5.31. The summed E-state index contributed by atoms with van der Waals surface area (Å²) in [6, 6.07) is 0.468. The van der Waals surface area contributed by atoms with Crippen LogP contribution in [0.1, 0.15) is 12.8 Å². The van der Waals surface area contributed by atoms with Crippen molar-refractivity contribution in [2.24, 2.45) is 5.92 Å². The Labute approximate surface area is 66.6 Å². The lowest BCUT2D eigenvalue weighted by molar-refractivity contribution is 0.172. The molecule has 2 aliphatic rings. The highest BCUT2D eigenvalue weighted by atomic mass is 16.3. The fourth-order valence-electron chi connectivity index (χ4n) is 2.39. The number of rotatable bonds is 1. The number of aliphatic hydroxyl groups is 2. The highest BCUT2D eigenvalue weighted by Crippen LogP contribution is 2.32. The Morgan fingerprint density at radius 2 is 2.27 bits per heavy atom. The highest BCUT2D eigenvalue weighted by Gasteiger charge is 2.40. The van der Waals surface area contributed by atoms with E-state index in [1.807, 2.05) is 0 Å². The summed E-state index contributed by atoms with van der Waals surface area (Å²) in [7, 11) is 0. The first-order valence-electron chi connectivity index (χ1n) is 4.34. The van der Waals surface area contributed by atoms with Crippen molar-refractivity contribution in [3.05, 3.63) is 0 Å². The van der Waals surface area contributed by atoms with Crippen LogP contribution in [0.15, 0.2) is 0 Å². The summed E-state index contributed by atoms with van der Waals surface area (Å²) < 4.78 is 0. The van der Waals surface area contributed by atoms with Gasteiger partial charge in [0.2, 0.25) is 0 Å². The fourth-order valence-corrected chi connectivity index (χ4v) is 2.39. The molecule has 64 valence electrons. The molecule has 0 bridgehead atoms. The van der Waals surface area contributed by atoms with E-state index in [0.717, 1.165) is 25.9 Å². The molecule has 0 aromatic heterocycles. The number of hydrogen-bond acceptors (Lipinski definition) is 3. The van der Waals surface area contributed by atoms with Gasteiger partial charge in [0, 0.05) is 19.2 Å². The van der Waals surface area contributed by atoms with Crippen LogP contribution in [0.2, 0.25) is 0 Å². The minimum Gasteiger partial charge on any atom is -0.396 e. The van der Waals surface area contributed by atoms with Crippen molar-refractivity contribution in [2.45, 2.75) is 25.0 Å². The third kappa shape index (κ3) is 1.17. The third-order valence-electron chi connectivity index (χ3n) is 2.99. The molecule has 0 aromatic rings. The monoisotopic (exact) mass is 157 g/mol. The summed E-state index contributed by atoms with van der Waals surface area (Å²) >= 11 is 0. The first-order valence-corrected chi connectivity index (χ1v) is 4.34.